The Kier molecular flexibility index (Phi) is 7.33. The number of carbonyl (C=O) groups is 1. The Labute approximate surface area is 186 Å². The van der Waals surface area contributed by atoms with Gasteiger partial charge in [0.1, 0.15) is 11.6 Å². The van der Waals surface area contributed by atoms with Crippen LogP contribution in [0.15, 0.2) is 47.6 Å². The van der Waals surface area contributed by atoms with Gasteiger partial charge in [0.05, 0.1) is 5.75 Å². The number of benzene rings is 2. The minimum Gasteiger partial charge on any atom is -0.483 e. The number of halogens is 1. The fourth-order valence-corrected chi connectivity index (χ4v) is 3.98. The zero-order chi connectivity index (χ0) is 22.5. The number of nitrogens with one attached hydrogen (secondary N) is 1. The van der Waals surface area contributed by atoms with E-state index in [-0.39, 0.29) is 23.5 Å². The molecule has 0 fully saturated rings. The Morgan fingerprint density at radius 2 is 1.84 bits per heavy atom. The second kappa shape index (κ2) is 9.96. The average molecular weight is 443 g/mol. The lowest BCUT2D eigenvalue weighted by atomic mass is 10.1. The lowest BCUT2D eigenvalue weighted by Crippen LogP contribution is -2.17. The number of hydrogen-bond donors (Lipinski definition) is 1. The smallest absolute Gasteiger partial charge is 0.234 e. The van der Waals surface area contributed by atoms with Gasteiger partial charge in [0.15, 0.2) is 17.1 Å². The van der Waals surface area contributed by atoms with Crippen LogP contribution in [0.25, 0.3) is 0 Å². The number of ether oxygens (including phenoxy) is 1. The van der Waals surface area contributed by atoms with Crippen molar-refractivity contribution in [1.29, 1.82) is 0 Å². The van der Waals surface area contributed by atoms with Crippen LogP contribution in [0.1, 0.15) is 49.9 Å². The number of anilines is 1. The predicted molar refractivity (Wildman–Crippen MR) is 121 cm³/mol. The summed E-state index contributed by atoms with van der Waals surface area (Å²) in [5, 5.41) is 12.2. The molecule has 2 aromatic carbocycles. The van der Waals surface area contributed by atoms with E-state index in [2.05, 4.69) is 15.5 Å². The van der Waals surface area contributed by atoms with E-state index in [4.69, 9.17) is 4.74 Å². The molecule has 0 saturated heterocycles. The summed E-state index contributed by atoms with van der Waals surface area (Å²) in [5.74, 6) is 0.995. The first-order chi connectivity index (χ1) is 14.7. The first-order valence-corrected chi connectivity index (χ1v) is 11.1. The third-order valence-corrected chi connectivity index (χ3v) is 5.64. The van der Waals surface area contributed by atoms with Crippen LogP contribution in [-0.2, 0) is 4.79 Å². The van der Waals surface area contributed by atoms with E-state index in [1.165, 1.54) is 23.9 Å². The third-order valence-electron chi connectivity index (χ3n) is 4.70. The van der Waals surface area contributed by atoms with E-state index in [1.807, 2.05) is 57.4 Å². The van der Waals surface area contributed by atoms with Gasteiger partial charge in [0.2, 0.25) is 5.91 Å². The second-order valence-corrected chi connectivity index (χ2v) is 8.62. The normalized spacial score (nSPS) is 12.1. The van der Waals surface area contributed by atoms with Crippen LogP contribution in [0.2, 0.25) is 0 Å². The number of amides is 1. The standard InChI is InChI=1S/C23H27FN4O2S/c1-14(2)28-22(17(5)30-19-10-8-18(24)9-11-19)26-27-23(28)31-13-21(29)25-20-12-15(3)6-7-16(20)4/h6-12,14,17H,13H2,1-5H3,(H,25,29). The molecule has 6 nitrogen and oxygen atoms in total. The fourth-order valence-electron chi connectivity index (χ4n) is 3.11. The van der Waals surface area contributed by atoms with Crippen LogP contribution in [0.4, 0.5) is 10.1 Å². The van der Waals surface area contributed by atoms with E-state index in [0.29, 0.717) is 16.7 Å². The number of rotatable bonds is 8. The van der Waals surface area contributed by atoms with Gasteiger partial charge >= 0.3 is 0 Å². The molecule has 0 spiro atoms. The summed E-state index contributed by atoms with van der Waals surface area (Å²) in [6.45, 7) is 9.88. The molecule has 31 heavy (non-hydrogen) atoms. The van der Waals surface area contributed by atoms with Crippen LogP contribution in [-0.4, -0.2) is 26.4 Å². The van der Waals surface area contributed by atoms with Gasteiger partial charge in [0.25, 0.3) is 0 Å². The number of nitrogens with zero attached hydrogens (tertiary/aromatic N) is 3. The molecule has 164 valence electrons. The van der Waals surface area contributed by atoms with Crippen LogP contribution in [0.3, 0.4) is 0 Å². The molecule has 0 saturated carbocycles. The minimum absolute atomic E-state index is 0.0776. The molecular formula is C23H27FN4O2S. The van der Waals surface area contributed by atoms with Gasteiger partial charge < -0.3 is 14.6 Å². The van der Waals surface area contributed by atoms with Crippen LogP contribution >= 0.6 is 11.8 Å². The Morgan fingerprint density at radius 1 is 1.13 bits per heavy atom. The first kappa shape index (κ1) is 22.8. The number of aryl methyl sites for hydroxylation is 2. The molecule has 3 aromatic rings. The van der Waals surface area contributed by atoms with Crippen molar-refractivity contribution in [3.63, 3.8) is 0 Å². The third kappa shape index (κ3) is 5.85. The van der Waals surface area contributed by atoms with E-state index < -0.39 is 6.10 Å². The Morgan fingerprint density at radius 3 is 2.52 bits per heavy atom. The van der Waals surface area contributed by atoms with Crippen molar-refractivity contribution in [3.8, 4) is 5.75 Å². The van der Waals surface area contributed by atoms with Crippen molar-refractivity contribution < 1.29 is 13.9 Å². The van der Waals surface area contributed by atoms with Crippen LogP contribution in [0.5, 0.6) is 5.75 Å². The molecule has 1 amide bonds. The number of hydrogen-bond acceptors (Lipinski definition) is 5. The summed E-state index contributed by atoms with van der Waals surface area (Å²) in [7, 11) is 0. The molecule has 1 heterocycles. The highest BCUT2D eigenvalue weighted by atomic mass is 32.2. The summed E-state index contributed by atoms with van der Waals surface area (Å²) in [4.78, 5) is 12.5. The molecule has 0 aliphatic rings. The SMILES string of the molecule is Cc1ccc(C)c(NC(=O)CSc2nnc(C(C)Oc3ccc(F)cc3)n2C(C)C)c1. The van der Waals surface area contributed by atoms with E-state index in [1.54, 1.807) is 12.1 Å². The van der Waals surface area contributed by atoms with Crippen molar-refractivity contribution in [2.45, 2.75) is 51.9 Å². The maximum Gasteiger partial charge on any atom is 0.234 e. The molecule has 1 N–H and O–H groups in total. The minimum atomic E-state index is -0.390. The molecule has 0 bridgehead atoms. The molecule has 3 rings (SSSR count). The summed E-state index contributed by atoms with van der Waals surface area (Å²) >= 11 is 1.33. The molecule has 0 aliphatic carbocycles. The van der Waals surface area contributed by atoms with Gasteiger partial charge in [0, 0.05) is 11.7 Å². The highest BCUT2D eigenvalue weighted by Crippen LogP contribution is 2.28. The molecule has 8 heteroatoms. The average Bonchev–Trinajstić information content (AvgIpc) is 3.15. The van der Waals surface area contributed by atoms with E-state index in [9.17, 15) is 9.18 Å². The number of aromatic nitrogens is 3. The van der Waals surface area contributed by atoms with Crippen molar-refractivity contribution in [2.75, 3.05) is 11.1 Å². The Bertz CT molecular complexity index is 1050. The first-order valence-electron chi connectivity index (χ1n) is 10.1. The van der Waals surface area contributed by atoms with E-state index in [0.717, 1.165) is 16.8 Å². The summed E-state index contributed by atoms with van der Waals surface area (Å²) in [5.41, 5.74) is 2.93. The maximum absolute atomic E-state index is 13.1. The second-order valence-electron chi connectivity index (χ2n) is 7.67. The van der Waals surface area contributed by atoms with Gasteiger partial charge in [-0.15, -0.1) is 10.2 Å². The quantitative estimate of drug-likeness (QED) is 0.468. The Balaban J connectivity index is 1.69. The van der Waals surface area contributed by atoms with E-state index >= 15 is 0 Å². The van der Waals surface area contributed by atoms with Gasteiger partial charge in [-0.2, -0.15) is 0 Å². The van der Waals surface area contributed by atoms with Gasteiger partial charge in [-0.25, -0.2) is 4.39 Å². The topological polar surface area (TPSA) is 69.0 Å². The van der Waals surface area contributed by atoms with Gasteiger partial charge in [-0.05, 0) is 76.1 Å². The highest BCUT2D eigenvalue weighted by molar-refractivity contribution is 7.99. The lowest BCUT2D eigenvalue weighted by Gasteiger charge is -2.19. The fraction of sp³-hybridized carbons (Fsp3) is 0.348. The Hall–Kier alpha value is -2.87. The van der Waals surface area contributed by atoms with Gasteiger partial charge in [-0.3, -0.25) is 4.79 Å². The maximum atomic E-state index is 13.1. The largest absolute Gasteiger partial charge is 0.483 e. The molecule has 1 atom stereocenters. The van der Waals surface area contributed by atoms with Crippen LogP contribution < -0.4 is 10.1 Å². The molecule has 1 aromatic heterocycles. The van der Waals surface area contributed by atoms with Crippen LogP contribution in [0, 0.1) is 19.7 Å². The molecule has 1 unspecified atom stereocenters. The number of thioether (sulfide) groups is 1. The zero-order valence-corrected chi connectivity index (χ0v) is 19.2. The monoisotopic (exact) mass is 442 g/mol. The zero-order valence-electron chi connectivity index (χ0n) is 18.3. The van der Waals surface area contributed by atoms with Gasteiger partial charge in [-0.1, -0.05) is 23.9 Å². The number of carbonyl (C=O) groups excluding carboxylic acids is 1. The summed E-state index contributed by atoms with van der Waals surface area (Å²) in [6.07, 6.45) is -0.390. The molecule has 0 aliphatic heterocycles. The van der Waals surface area contributed by atoms with Crippen molar-refractivity contribution >= 4 is 23.4 Å². The van der Waals surface area contributed by atoms with Crippen molar-refractivity contribution in [2.24, 2.45) is 0 Å². The summed E-state index contributed by atoms with van der Waals surface area (Å²) < 4.78 is 21.0. The van der Waals surface area contributed by atoms with Crippen molar-refractivity contribution in [3.05, 3.63) is 65.2 Å². The predicted octanol–water partition coefficient (Wildman–Crippen LogP) is 5.49. The lowest BCUT2D eigenvalue weighted by molar-refractivity contribution is -0.113. The highest BCUT2D eigenvalue weighted by Gasteiger charge is 2.22. The molecule has 0 radical (unpaired) electrons. The molecular weight excluding hydrogens is 415 g/mol. The van der Waals surface area contributed by atoms with Crippen molar-refractivity contribution in [1.82, 2.24) is 14.8 Å². The summed E-state index contributed by atoms with van der Waals surface area (Å²) in [6, 6.07) is 11.9.